The van der Waals surface area contributed by atoms with E-state index < -0.39 is 10.0 Å². The molecule has 1 aliphatic rings. The molecule has 5 rings (SSSR count). The molecule has 1 fully saturated rings. The summed E-state index contributed by atoms with van der Waals surface area (Å²) in [4.78, 5) is 12.3. The number of nitrogens with zero attached hydrogens (tertiary/aromatic N) is 8. The fourth-order valence-corrected chi connectivity index (χ4v) is 6.20. The van der Waals surface area contributed by atoms with Crippen LogP contribution in [-0.4, -0.2) is 46.7 Å². The van der Waals surface area contributed by atoms with Gasteiger partial charge in [-0.1, -0.05) is 23.3 Å². The summed E-state index contributed by atoms with van der Waals surface area (Å²) in [6, 6.07) is 8.74. The van der Waals surface area contributed by atoms with Gasteiger partial charge in [-0.3, -0.25) is 0 Å². The van der Waals surface area contributed by atoms with Gasteiger partial charge in [0.05, 0.1) is 11.1 Å². The number of hydrogen-bond donors (Lipinski definition) is 0. The second kappa shape index (κ2) is 8.09. The molecule has 0 aliphatic carbocycles. The van der Waals surface area contributed by atoms with E-state index in [1.807, 2.05) is 13.0 Å². The average molecular weight is 465 g/mol. The molecule has 3 aromatic heterocycles. The molecule has 0 unspecified atom stereocenters. The molecule has 11 heteroatoms. The highest BCUT2D eigenvalue weighted by molar-refractivity contribution is 7.90. The Kier molecular flexibility index (Phi) is 5.22. The lowest BCUT2D eigenvalue weighted by Gasteiger charge is -2.34. The third kappa shape index (κ3) is 3.49. The lowest BCUT2D eigenvalue weighted by molar-refractivity contribution is 0.371. The molecule has 4 heterocycles. The first-order valence-electron chi connectivity index (χ1n) is 10.8. The van der Waals surface area contributed by atoms with Crippen LogP contribution in [0.15, 0.2) is 52.7 Å². The number of imidazole rings is 1. The second-order valence-corrected chi connectivity index (χ2v) is 10.2. The molecule has 1 aliphatic heterocycles. The van der Waals surface area contributed by atoms with Crippen molar-refractivity contribution in [1.82, 2.24) is 18.6 Å². The maximum absolute atomic E-state index is 13.4. The largest absolute Gasteiger partial charge is 0.311 e. The van der Waals surface area contributed by atoms with Crippen molar-refractivity contribution in [3.05, 3.63) is 64.6 Å². The lowest BCUT2D eigenvalue weighted by atomic mass is 9.98. The highest BCUT2D eigenvalue weighted by atomic mass is 32.2. The number of azide groups is 1. The van der Waals surface area contributed by atoms with Crippen LogP contribution in [0.4, 0.5) is 0 Å². The van der Waals surface area contributed by atoms with Gasteiger partial charge in [-0.05, 0) is 55.8 Å². The van der Waals surface area contributed by atoms with Crippen LogP contribution < -0.4 is 5.01 Å². The van der Waals surface area contributed by atoms with Gasteiger partial charge in [-0.25, -0.2) is 27.0 Å². The minimum atomic E-state index is -3.80. The fraction of sp³-hybridized carbons (Fsp3) is 0.364. The summed E-state index contributed by atoms with van der Waals surface area (Å²) in [5.74, 6) is 1.19. The number of aryl methyl sites for hydroxylation is 2. The lowest BCUT2D eigenvalue weighted by Crippen LogP contribution is -2.42. The van der Waals surface area contributed by atoms with E-state index >= 15 is 0 Å². The second-order valence-electron chi connectivity index (χ2n) is 8.39. The number of pyridine rings is 1. The van der Waals surface area contributed by atoms with E-state index in [9.17, 15) is 8.42 Å². The summed E-state index contributed by atoms with van der Waals surface area (Å²) in [6.07, 6.45) is 5.03. The fourth-order valence-electron chi connectivity index (χ4n) is 4.67. The number of fused-ring (bicyclic) bond motifs is 3. The number of piperidine rings is 1. The topological polar surface area (TPSA) is 122 Å². The molecule has 0 N–H and O–H groups in total. The first-order valence-corrected chi connectivity index (χ1v) is 12.3. The minimum absolute atomic E-state index is 0.260. The van der Waals surface area contributed by atoms with Crippen molar-refractivity contribution < 1.29 is 8.42 Å². The van der Waals surface area contributed by atoms with Gasteiger partial charge in [0, 0.05) is 36.1 Å². The number of hydrogen-bond acceptors (Lipinski definition) is 6. The van der Waals surface area contributed by atoms with Crippen molar-refractivity contribution in [2.75, 3.05) is 24.6 Å². The zero-order valence-electron chi connectivity index (χ0n) is 18.5. The van der Waals surface area contributed by atoms with Crippen LogP contribution >= 0.6 is 0 Å². The Morgan fingerprint density at radius 1 is 1.18 bits per heavy atom. The van der Waals surface area contributed by atoms with Crippen molar-refractivity contribution in [2.24, 2.45) is 11.0 Å². The molecule has 0 spiro atoms. The Morgan fingerprint density at radius 3 is 2.67 bits per heavy atom. The number of benzene rings is 1. The normalized spacial score (nSPS) is 15.3. The molecule has 10 nitrogen and oxygen atoms in total. The predicted molar refractivity (Wildman–Crippen MR) is 126 cm³/mol. The summed E-state index contributed by atoms with van der Waals surface area (Å²) < 4.78 is 30.2. The van der Waals surface area contributed by atoms with E-state index in [0.29, 0.717) is 23.7 Å². The Hall–Kier alpha value is -3.56. The molecule has 0 saturated carbocycles. The summed E-state index contributed by atoms with van der Waals surface area (Å²) in [7, 11) is -3.80. The summed E-state index contributed by atoms with van der Waals surface area (Å²) in [5.41, 5.74) is 11.2. The van der Waals surface area contributed by atoms with Crippen LogP contribution in [-0.2, 0) is 10.0 Å². The van der Waals surface area contributed by atoms with Crippen LogP contribution in [0, 0.1) is 19.8 Å². The minimum Gasteiger partial charge on any atom is -0.311 e. The van der Waals surface area contributed by atoms with Gasteiger partial charge >= 0.3 is 0 Å². The Labute approximate surface area is 191 Å². The average Bonchev–Trinajstić information content (AvgIpc) is 3.39. The first-order chi connectivity index (χ1) is 15.9. The molecule has 0 radical (unpaired) electrons. The van der Waals surface area contributed by atoms with Crippen LogP contribution in [0.1, 0.15) is 24.2 Å². The third-order valence-electron chi connectivity index (χ3n) is 6.34. The zero-order chi connectivity index (χ0) is 23.2. The van der Waals surface area contributed by atoms with Gasteiger partial charge in [-0.2, -0.15) is 0 Å². The van der Waals surface area contributed by atoms with Crippen molar-refractivity contribution in [3.63, 3.8) is 0 Å². The summed E-state index contributed by atoms with van der Waals surface area (Å²) in [5, 5.41) is 6.69. The van der Waals surface area contributed by atoms with E-state index in [1.165, 1.54) is 3.97 Å². The SMILES string of the molecule is Cc1ccccc1S(=O)(=O)n1ccc2c1ncc1nc(C)n(N3CCC(CN=[N+]=[N-])CC3)c12. The van der Waals surface area contributed by atoms with Gasteiger partial charge in [0.25, 0.3) is 10.0 Å². The van der Waals surface area contributed by atoms with Crippen molar-refractivity contribution in [2.45, 2.75) is 31.6 Å². The molecule has 170 valence electrons. The van der Waals surface area contributed by atoms with Crippen LogP contribution in [0.25, 0.3) is 32.5 Å². The number of aromatic nitrogens is 4. The molecule has 1 saturated heterocycles. The Morgan fingerprint density at radius 2 is 1.94 bits per heavy atom. The maximum Gasteiger partial charge on any atom is 0.269 e. The molecule has 0 bridgehead atoms. The highest BCUT2D eigenvalue weighted by Crippen LogP contribution is 2.30. The standard InChI is InChI=1S/C22H24N8O2S/c1-15-5-3-4-6-20(15)33(31,32)29-12-9-18-21-19(14-24-22(18)29)26-16(2)30(21)28-10-7-17(8-11-28)13-25-27-23/h3-6,9,12,14,17H,7-8,10-11,13H2,1-2H3. The third-order valence-corrected chi connectivity index (χ3v) is 8.17. The highest BCUT2D eigenvalue weighted by Gasteiger charge is 2.26. The summed E-state index contributed by atoms with van der Waals surface area (Å²) >= 11 is 0. The van der Waals surface area contributed by atoms with Crippen molar-refractivity contribution in [3.8, 4) is 0 Å². The van der Waals surface area contributed by atoms with Gasteiger partial charge in [0.15, 0.2) is 5.65 Å². The summed E-state index contributed by atoms with van der Waals surface area (Å²) in [6.45, 7) is 5.84. The van der Waals surface area contributed by atoms with E-state index in [-0.39, 0.29) is 4.90 Å². The van der Waals surface area contributed by atoms with E-state index in [1.54, 1.807) is 43.6 Å². The predicted octanol–water partition coefficient (Wildman–Crippen LogP) is 3.90. The van der Waals surface area contributed by atoms with Crippen molar-refractivity contribution >= 4 is 32.1 Å². The Bertz CT molecular complexity index is 1510. The molecule has 4 aromatic rings. The van der Waals surface area contributed by atoms with Crippen LogP contribution in [0.5, 0.6) is 0 Å². The maximum atomic E-state index is 13.4. The van der Waals surface area contributed by atoms with E-state index in [2.05, 4.69) is 29.7 Å². The monoisotopic (exact) mass is 464 g/mol. The quantitative estimate of drug-likeness (QED) is 0.252. The molecule has 33 heavy (non-hydrogen) atoms. The van der Waals surface area contributed by atoms with Crippen LogP contribution in [0.3, 0.4) is 0 Å². The van der Waals surface area contributed by atoms with Crippen LogP contribution in [0.2, 0.25) is 0 Å². The van der Waals surface area contributed by atoms with Gasteiger partial charge < -0.3 is 5.01 Å². The van der Waals surface area contributed by atoms with Gasteiger partial charge in [0.2, 0.25) is 0 Å². The Balaban J connectivity index is 1.60. The molecule has 1 aromatic carbocycles. The van der Waals surface area contributed by atoms with Gasteiger partial charge in [-0.15, -0.1) is 0 Å². The van der Waals surface area contributed by atoms with E-state index in [0.717, 1.165) is 48.2 Å². The molecule has 0 amide bonds. The van der Waals surface area contributed by atoms with E-state index in [4.69, 9.17) is 5.53 Å². The zero-order valence-corrected chi connectivity index (χ0v) is 19.3. The van der Waals surface area contributed by atoms with Crippen molar-refractivity contribution in [1.29, 1.82) is 0 Å². The number of rotatable bonds is 5. The molecular formula is C22H24N8O2S. The smallest absolute Gasteiger partial charge is 0.269 e. The molecular weight excluding hydrogens is 440 g/mol. The molecule has 0 atom stereocenters. The first kappa shape index (κ1) is 21.3. The van der Waals surface area contributed by atoms with Gasteiger partial charge in [0.1, 0.15) is 16.9 Å².